The lowest BCUT2D eigenvalue weighted by Gasteiger charge is -1.99. The van der Waals surface area contributed by atoms with Gasteiger partial charge in [-0.2, -0.15) is 4.98 Å². The number of nitrogens with zero attached hydrogens (tertiary/aromatic N) is 2. The maximum absolute atomic E-state index is 5.95. The smallest absolute Gasteiger partial charge is 0.226 e. The summed E-state index contributed by atoms with van der Waals surface area (Å²) in [6.07, 6.45) is 2.57. The Morgan fingerprint density at radius 3 is 3.05 bits per heavy atom. The maximum Gasteiger partial charge on any atom is 0.226 e. The Morgan fingerprint density at radius 1 is 1.32 bits per heavy atom. The molecule has 0 aliphatic carbocycles. The molecule has 3 rings (SSSR count). The standard InChI is InChI=1S/C14H15ClN2O2/c15-12-3-1-2-10(8-12)4-5-13-16-14(17-19-13)11-6-7-18-9-11/h1-3,8,11H,4-7,9H2/t11-/m0/s1. The fourth-order valence-corrected chi connectivity index (χ4v) is 2.43. The van der Waals surface area contributed by atoms with E-state index in [1.807, 2.05) is 24.3 Å². The largest absolute Gasteiger partial charge is 0.381 e. The van der Waals surface area contributed by atoms with Crippen LogP contribution >= 0.6 is 11.6 Å². The van der Waals surface area contributed by atoms with Crippen molar-refractivity contribution in [1.29, 1.82) is 0 Å². The zero-order valence-corrected chi connectivity index (χ0v) is 11.3. The average Bonchev–Trinajstić information content (AvgIpc) is 3.07. The molecule has 1 aliphatic heterocycles. The van der Waals surface area contributed by atoms with Gasteiger partial charge in [-0.3, -0.25) is 0 Å². The Bertz CT molecular complexity index is 550. The molecule has 0 saturated carbocycles. The van der Waals surface area contributed by atoms with Crippen LogP contribution in [-0.2, 0) is 17.6 Å². The van der Waals surface area contributed by atoms with E-state index in [9.17, 15) is 0 Å². The van der Waals surface area contributed by atoms with Crippen molar-refractivity contribution in [2.75, 3.05) is 13.2 Å². The number of aromatic nitrogens is 2. The van der Waals surface area contributed by atoms with E-state index in [4.69, 9.17) is 20.9 Å². The van der Waals surface area contributed by atoms with Gasteiger partial charge in [-0.05, 0) is 30.5 Å². The second-order valence-electron chi connectivity index (χ2n) is 4.74. The third kappa shape index (κ3) is 3.14. The van der Waals surface area contributed by atoms with Gasteiger partial charge >= 0.3 is 0 Å². The van der Waals surface area contributed by atoms with Crippen LogP contribution in [0.5, 0.6) is 0 Å². The van der Waals surface area contributed by atoms with Gasteiger partial charge in [0.15, 0.2) is 5.82 Å². The molecule has 0 spiro atoms. The molecule has 2 heterocycles. The lowest BCUT2D eigenvalue weighted by molar-refractivity contribution is 0.192. The molecule has 0 N–H and O–H groups in total. The Hall–Kier alpha value is -1.39. The monoisotopic (exact) mass is 278 g/mol. The molecule has 1 aromatic carbocycles. The number of hydrogen-bond acceptors (Lipinski definition) is 4. The van der Waals surface area contributed by atoms with Gasteiger partial charge in [-0.15, -0.1) is 0 Å². The lowest BCUT2D eigenvalue weighted by Crippen LogP contribution is -2.00. The molecule has 1 fully saturated rings. The number of rotatable bonds is 4. The molecule has 1 atom stereocenters. The van der Waals surface area contributed by atoms with Crippen molar-refractivity contribution in [3.8, 4) is 0 Å². The number of halogens is 1. The van der Waals surface area contributed by atoms with Gasteiger partial charge in [0, 0.05) is 24.0 Å². The van der Waals surface area contributed by atoms with Crippen molar-refractivity contribution in [2.45, 2.75) is 25.2 Å². The highest BCUT2D eigenvalue weighted by Crippen LogP contribution is 2.22. The molecule has 100 valence electrons. The predicted octanol–water partition coefficient (Wildman–Crippen LogP) is 3.01. The fraction of sp³-hybridized carbons (Fsp3) is 0.429. The van der Waals surface area contributed by atoms with E-state index in [1.165, 1.54) is 5.56 Å². The summed E-state index contributed by atoms with van der Waals surface area (Å²) in [6, 6.07) is 7.83. The SMILES string of the molecule is Clc1cccc(CCc2nc([C@H]3CCOC3)no2)c1. The Balaban J connectivity index is 1.61. The molecule has 0 radical (unpaired) electrons. The van der Waals surface area contributed by atoms with Crippen molar-refractivity contribution in [3.63, 3.8) is 0 Å². The van der Waals surface area contributed by atoms with Crippen molar-refractivity contribution in [3.05, 3.63) is 46.6 Å². The molecule has 0 amide bonds. The quantitative estimate of drug-likeness (QED) is 0.862. The summed E-state index contributed by atoms with van der Waals surface area (Å²) in [5.41, 5.74) is 1.18. The van der Waals surface area contributed by atoms with Crippen LogP contribution in [0.25, 0.3) is 0 Å². The summed E-state index contributed by atoms with van der Waals surface area (Å²) in [4.78, 5) is 4.44. The minimum atomic E-state index is 0.295. The molecule has 2 aromatic rings. The van der Waals surface area contributed by atoms with E-state index < -0.39 is 0 Å². The van der Waals surface area contributed by atoms with Crippen LogP contribution in [0.1, 0.15) is 29.6 Å². The Kier molecular flexibility index (Phi) is 3.80. The number of ether oxygens (including phenoxy) is 1. The first-order chi connectivity index (χ1) is 9.31. The van der Waals surface area contributed by atoms with E-state index in [1.54, 1.807) is 0 Å². The fourth-order valence-electron chi connectivity index (χ4n) is 2.22. The van der Waals surface area contributed by atoms with Crippen molar-refractivity contribution in [2.24, 2.45) is 0 Å². The van der Waals surface area contributed by atoms with E-state index in [2.05, 4.69) is 10.1 Å². The van der Waals surface area contributed by atoms with Gasteiger partial charge in [0.1, 0.15) is 0 Å². The minimum Gasteiger partial charge on any atom is -0.381 e. The highest BCUT2D eigenvalue weighted by Gasteiger charge is 2.22. The summed E-state index contributed by atoms with van der Waals surface area (Å²) in [5, 5.41) is 4.79. The topological polar surface area (TPSA) is 48.2 Å². The molecule has 4 nitrogen and oxygen atoms in total. The van der Waals surface area contributed by atoms with Crippen LogP contribution in [0.4, 0.5) is 0 Å². The summed E-state index contributed by atoms with van der Waals surface area (Å²) in [7, 11) is 0. The zero-order chi connectivity index (χ0) is 13.1. The second-order valence-corrected chi connectivity index (χ2v) is 5.17. The van der Waals surface area contributed by atoms with Gasteiger partial charge in [0.2, 0.25) is 5.89 Å². The normalized spacial score (nSPS) is 18.9. The summed E-state index contributed by atoms with van der Waals surface area (Å²) >= 11 is 5.95. The van der Waals surface area contributed by atoms with Crippen molar-refractivity contribution < 1.29 is 9.26 Å². The van der Waals surface area contributed by atoms with Gasteiger partial charge in [-0.25, -0.2) is 0 Å². The van der Waals surface area contributed by atoms with Crippen molar-refractivity contribution in [1.82, 2.24) is 10.1 Å². The van der Waals surface area contributed by atoms with E-state index >= 15 is 0 Å². The maximum atomic E-state index is 5.95. The van der Waals surface area contributed by atoms with E-state index in [0.717, 1.165) is 36.7 Å². The molecule has 1 aliphatic rings. The van der Waals surface area contributed by atoms with Crippen molar-refractivity contribution >= 4 is 11.6 Å². The first kappa shape index (κ1) is 12.6. The van der Waals surface area contributed by atoms with E-state index in [-0.39, 0.29) is 0 Å². The van der Waals surface area contributed by atoms with Gasteiger partial charge in [0.05, 0.1) is 6.61 Å². The molecule has 1 saturated heterocycles. The highest BCUT2D eigenvalue weighted by atomic mass is 35.5. The van der Waals surface area contributed by atoms with Crippen LogP contribution in [-0.4, -0.2) is 23.4 Å². The molecule has 0 bridgehead atoms. The third-order valence-corrected chi connectivity index (χ3v) is 3.53. The first-order valence-electron chi connectivity index (χ1n) is 6.46. The Morgan fingerprint density at radius 2 is 2.26 bits per heavy atom. The van der Waals surface area contributed by atoms with Gasteiger partial charge < -0.3 is 9.26 Å². The Labute approximate surface area is 116 Å². The van der Waals surface area contributed by atoms with E-state index in [0.29, 0.717) is 18.4 Å². The lowest BCUT2D eigenvalue weighted by atomic mass is 10.1. The van der Waals surface area contributed by atoms with Gasteiger partial charge in [-0.1, -0.05) is 28.9 Å². The molecular formula is C14H15ClN2O2. The highest BCUT2D eigenvalue weighted by molar-refractivity contribution is 6.30. The summed E-state index contributed by atoms with van der Waals surface area (Å²) in [5.74, 6) is 1.75. The number of hydrogen-bond donors (Lipinski definition) is 0. The molecular weight excluding hydrogens is 264 g/mol. The molecule has 19 heavy (non-hydrogen) atoms. The molecule has 0 unspecified atom stereocenters. The zero-order valence-electron chi connectivity index (χ0n) is 10.5. The van der Waals surface area contributed by atoms with Crippen LogP contribution in [0.3, 0.4) is 0 Å². The van der Waals surface area contributed by atoms with Crippen LogP contribution in [0, 0.1) is 0 Å². The minimum absolute atomic E-state index is 0.295. The summed E-state index contributed by atoms with van der Waals surface area (Å²) in [6.45, 7) is 1.49. The number of benzene rings is 1. The van der Waals surface area contributed by atoms with Crippen LogP contribution in [0.15, 0.2) is 28.8 Å². The first-order valence-corrected chi connectivity index (χ1v) is 6.84. The van der Waals surface area contributed by atoms with Gasteiger partial charge in [0.25, 0.3) is 0 Å². The van der Waals surface area contributed by atoms with Crippen LogP contribution < -0.4 is 0 Å². The summed E-state index contributed by atoms with van der Waals surface area (Å²) < 4.78 is 10.6. The predicted molar refractivity (Wildman–Crippen MR) is 71.3 cm³/mol. The van der Waals surface area contributed by atoms with Crippen LogP contribution in [0.2, 0.25) is 5.02 Å². The number of aryl methyl sites for hydroxylation is 2. The molecule has 1 aromatic heterocycles. The third-order valence-electron chi connectivity index (χ3n) is 3.30. The molecule has 5 heteroatoms. The average molecular weight is 279 g/mol. The second kappa shape index (κ2) is 5.72.